The zero-order chi connectivity index (χ0) is 18.6. The van der Waals surface area contributed by atoms with Gasteiger partial charge in [-0.05, 0) is 42.1 Å². The van der Waals surface area contributed by atoms with E-state index in [4.69, 9.17) is 17.0 Å². The van der Waals surface area contributed by atoms with Gasteiger partial charge in [-0.25, -0.2) is 4.79 Å². The minimum absolute atomic E-state index is 0.0859. The van der Waals surface area contributed by atoms with E-state index in [0.29, 0.717) is 17.3 Å². The van der Waals surface area contributed by atoms with E-state index in [0.717, 1.165) is 24.1 Å². The average Bonchev–Trinajstić information content (AvgIpc) is 2.54. The van der Waals surface area contributed by atoms with Gasteiger partial charge in [0, 0.05) is 5.70 Å². The number of carbonyl (C=O) groups excluding carboxylic acids is 1. The number of thiocarbonyl (C=S) groups is 1. The lowest BCUT2D eigenvalue weighted by Gasteiger charge is -2.31. The normalized spacial score (nSPS) is 17.8. The molecule has 0 amide bonds. The molecule has 25 heavy (non-hydrogen) atoms. The molecule has 1 aromatic rings. The minimum Gasteiger partial charge on any atom is -0.463 e. The topological polar surface area (TPSA) is 50.4 Å². The number of benzene rings is 1. The van der Waals surface area contributed by atoms with Crippen molar-refractivity contribution in [2.45, 2.75) is 58.9 Å². The van der Waals surface area contributed by atoms with Crippen molar-refractivity contribution >= 4 is 23.3 Å². The van der Waals surface area contributed by atoms with Crippen molar-refractivity contribution in [3.8, 4) is 0 Å². The molecular formula is C20H28N2O2S. The SMILES string of the molecule is CCCC1=C(C(=O)OCC)[C@@H](c2ccc(C(C)(C)C)cc2)NC(=S)N1. The first-order valence-corrected chi connectivity index (χ1v) is 9.26. The fourth-order valence-corrected chi connectivity index (χ4v) is 3.18. The molecule has 2 rings (SSSR count). The van der Waals surface area contributed by atoms with Crippen LogP contribution in [0.2, 0.25) is 0 Å². The quantitative estimate of drug-likeness (QED) is 0.611. The Morgan fingerprint density at radius 3 is 2.36 bits per heavy atom. The van der Waals surface area contributed by atoms with Crippen LogP contribution < -0.4 is 10.6 Å². The maximum absolute atomic E-state index is 12.6. The predicted octanol–water partition coefficient (Wildman–Crippen LogP) is 4.12. The summed E-state index contributed by atoms with van der Waals surface area (Å²) in [4.78, 5) is 12.6. The molecule has 0 radical (unpaired) electrons. The van der Waals surface area contributed by atoms with Gasteiger partial charge in [-0.2, -0.15) is 0 Å². The molecule has 1 atom stereocenters. The second-order valence-electron chi connectivity index (χ2n) is 7.27. The summed E-state index contributed by atoms with van der Waals surface area (Å²) in [6.45, 7) is 10.8. The summed E-state index contributed by atoms with van der Waals surface area (Å²) in [6.07, 6.45) is 1.68. The van der Waals surface area contributed by atoms with Crippen LogP contribution in [0.4, 0.5) is 0 Å². The molecule has 0 saturated carbocycles. The summed E-state index contributed by atoms with van der Waals surface area (Å²) in [5.74, 6) is -0.293. The molecule has 0 spiro atoms. The number of hydrogen-bond donors (Lipinski definition) is 2. The number of ether oxygens (including phenoxy) is 1. The van der Waals surface area contributed by atoms with Crippen LogP contribution in [0.3, 0.4) is 0 Å². The molecular weight excluding hydrogens is 332 g/mol. The molecule has 1 aromatic carbocycles. The smallest absolute Gasteiger partial charge is 0.338 e. The third kappa shape index (κ3) is 4.60. The van der Waals surface area contributed by atoms with E-state index >= 15 is 0 Å². The molecule has 0 saturated heterocycles. The van der Waals surface area contributed by atoms with Gasteiger partial charge in [0.25, 0.3) is 0 Å². The molecule has 0 fully saturated rings. The Kier molecular flexibility index (Phi) is 6.22. The van der Waals surface area contributed by atoms with Gasteiger partial charge < -0.3 is 15.4 Å². The lowest BCUT2D eigenvalue weighted by Crippen LogP contribution is -2.45. The molecule has 0 bridgehead atoms. The molecule has 1 aliphatic heterocycles. The second-order valence-corrected chi connectivity index (χ2v) is 7.67. The van der Waals surface area contributed by atoms with Crippen LogP contribution in [0.25, 0.3) is 0 Å². The lowest BCUT2D eigenvalue weighted by molar-refractivity contribution is -0.139. The molecule has 5 heteroatoms. The van der Waals surface area contributed by atoms with Gasteiger partial charge in [-0.15, -0.1) is 0 Å². The summed E-state index contributed by atoms with van der Waals surface area (Å²) in [5.41, 5.74) is 3.83. The number of rotatable bonds is 5. The van der Waals surface area contributed by atoms with E-state index in [-0.39, 0.29) is 17.4 Å². The zero-order valence-electron chi connectivity index (χ0n) is 15.7. The standard InChI is InChI=1S/C20H28N2O2S/c1-6-8-15-16(18(23)24-7-2)17(22-19(25)21-15)13-9-11-14(12-10-13)20(3,4)5/h9-12,17H,6-8H2,1-5H3,(H2,21,22,25)/t17-/m1/s1. The number of nitrogens with one attached hydrogen (secondary N) is 2. The maximum Gasteiger partial charge on any atom is 0.338 e. The third-order valence-corrected chi connectivity index (χ3v) is 4.48. The Bertz CT molecular complexity index is 672. The first kappa shape index (κ1) is 19.4. The zero-order valence-corrected chi connectivity index (χ0v) is 16.5. The highest BCUT2D eigenvalue weighted by atomic mass is 32.1. The van der Waals surface area contributed by atoms with Crippen molar-refractivity contribution in [1.29, 1.82) is 0 Å². The Hall–Kier alpha value is -1.88. The first-order valence-electron chi connectivity index (χ1n) is 8.86. The first-order chi connectivity index (χ1) is 11.8. The highest BCUT2D eigenvalue weighted by Crippen LogP contribution is 2.31. The molecule has 2 N–H and O–H groups in total. The Balaban J connectivity index is 2.46. The van der Waals surface area contributed by atoms with Crippen molar-refractivity contribution in [2.24, 2.45) is 0 Å². The van der Waals surface area contributed by atoms with E-state index in [1.807, 2.05) is 6.92 Å². The number of esters is 1. The fourth-order valence-electron chi connectivity index (χ4n) is 2.94. The maximum atomic E-state index is 12.6. The Labute approximate surface area is 156 Å². The van der Waals surface area contributed by atoms with E-state index in [1.54, 1.807) is 0 Å². The molecule has 0 aromatic heterocycles. The third-order valence-electron chi connectivity index (χ3n) is 4.26. The minimum atomic E-state index is -0.293. The van der Waals surface area contributed by atoms with Gasteiger partial charge >= 0.3 is 5.97 Å². The van der Waals surface area contributed by atoms with Gasteiger partial charge in [0.1, 0.15) is 0 Å². The molecule has 136 valence electrons. The monoisotopic (exact) mass is 360 g/mol. The van der Waals surface area contributed by atoms with Crippen LogP contribution in [0.1, 0.15) is 64.6 Å². The van der Waals surface area contributed by atoms with Gasteiger partial charge in [0.2, 0.25) is 0 Å². The van der Waals surface area contributed by atoms with Crippen LogP contribution in [-0.2, 0) is 14.9 Å². The molecule has 1 heterocycles. The van der Waals surface area contributed by atoms with Crippen molar-refractivity contribution in [1.82, 2.24) is 10.6 Å². The summed E-state index contributed by atoms with van der Waals surface area (Å²) in [6, 6.07) is 8.07. The van der Waals surface area contributed by atoms with Crippen molar-refractivity contribution in [3.05, 3.63) is 46.7 Å². The van der Waals surface area contributed by atoms with Crippen LogP contribution in [-0.4, -0.2) is 17.7 Å². The summed E-state index contributed by atoms with van der Waals surface area (Å²) >= 11 is 5.35. The highest BCUT2D eigenvalue weighted by Gasteiger charge is 2.32. The summed E-state index contributed by atoms with van der Waals surface area (Å²) in [7, 11) is 0. The predicted molar refractivity (Wildman–Crippen MR) is 105 cm³/mol. The second kappa shape index (κ2) is 8.00. The van der Waals surface area contributed by atoms with Crippen LogP contribution in [0, 0.1) is 0 Å². The van der Waals surface area contributed by atoms with Gasteiger partial charge in [0.05, 0.1) is 18.2 Å². The summed E-state index contributed by atoms with van der Waals surface area (Å²) in [5, 5.41) is 6.91. The number of hydrogen-bond acceptors (Lipinski definition) is 3. The lowest BCUT2D eigenvalue weighted by atomic mass is 9.85. The van der Waals surface area contributed by atoms with E-state index in [1.165, 1.54) is 5.56 Å². The van der Waals surface area contributed by atoms with E-state index < -0.39 is 0 Å². The molecule has 1 aliphatic rings. The van der Waals surface area contributed by atoms with Crippen molar-refractivity contribution in [2.75, 3.05) is 6.61 Å². The van der Waals surface area contributed by atoms with E-state index in [2.05, 4.69) is 62.6 Å². The fraction of sp³-hybridized carbons (Fsp3) is 0.500. The summed E-state index contributed by atoms with van der Waals surface area (Å²) < 4.78 is 5.30. The Morgan fingerprint density at radius 1 is 1.20 bits per heavy atom. The highest BCUT2D eigenvalue weighted by molar-refractivity contribution is 7.80. The molecule has 0 unspecified atom stereocenters. The van der Waals surface area contributed by atoms with Crippen LogP contribution >= 0.6 is 12.2 Å². The van der Waals surface area contributed by atoms with Gasteiger partial charge in [0.15, 0.2) is 5.11 Å². The van der Waals surface area contributed by atoms with Crippen molar-refractivity contribution in [3.63, 3.8) is 0 Å². The van der Waals surface area contributed by atoms with E-state index in [9.17, 15) is 4.79 Å². The number of carbonyl (C=O) groups is 1. The Morgan fingerprint density at radius 2 is 1.84 bits per heavy atom. The average molecular weight is 361 g/mol. The number of allylic oxidation sites excluding steroid dienone is 1. The van der Waals surface area contributed by atoms with Crippen molar-refractivity contribution < 1.29 is 9.53 Å². The van der Waals surface area contributed by atoms with Gasteiger partial charge in [-0.1, -0.05) is 58.4 Å². The van der Waals surface area contributed by atoms with Crippen LogP contribution in [0.15, 0.2) is 35.5 Å². The van der Waals surface area contributed by atoms with Gasteiger partial charge in [-0.3, -0.25) is 0 Å². The van der Waals surface area contributed by atoms with Crippen LogP contribution in [0.5, 0.6) is 0 Å². The molecule has 0 aliphatic carbocycles. The largest absolute Gasteiger partial charge is 0.463 e. The molecule has 4 nitrogen and oxygen atoms in total.